The van der Waals surface area contributed by atoms with Gasteiger partial charge in [0.2, 0.25) is 11.8 Å². The van der Waals surface area contributed by atoms with Crippen LogP contribution in [0.2, 0.25) is 0 Å². The van der Waals surface area contributed by atoms with Crippen molar-refractivity contribution in [3.63, 3.8) is 0 Å². The van der Waals surface area contributed by atoms with Crippen LogP contribution in [0.4, 0.5) is 0 Å². The van der Waals surface area contributed by atoms with E-state index in [9.17, 15) is 14.4 Å². The van der Waals surface area contributed by atoms with Gasteiger partial charge in [-0.1, -0.05) is 42.5 Å². The molecular weight excluding hydrogens is 342 g/mol. The molecule has 0 aromatic heterocycles. The Morgan fingerprint density at radius 2 is 1.70 bits per heavy atom. The zero-order valence-corrected chi connectivity index (χ0v) is 15.0. The molecule has 2 fully saturated rings. The number of amides is 3. The van der Waals surface area contributed by atoms with Crippen molar-refractivity contribution in [1.29, 1.82) is 0 Å². The second-order valence-corrected chi connectivity index (χ2v) is 7.09. The summed E-state index contributed by atoms with van der Waals surface area (Å²) in [6.07, 6.45) is 0.443. The van der Waals surface area contributed by atoms with Crippen LogP contribution in [-0.2, 0) is 9.59 Å². The Kier molecular flexibility index (Phi) is 4.39. The zero-order valence-electron chi connectivity index (χ0n) is 15.0. The molecule has 0 saturated carbocycles. The SMILES string of the molecule is C[C@@H]1NC(=O)[C@@H]2C[C@H](NC(=O)c3ccc(-c4ccccc4)cc3)CN2C1=O. The van der Waals surface area contributed by atoms with E-state index in [-0.39, 0.29) is 23.8 Å². The molecule has 2 aliphatic rings. The Bertz CT molecular complexity index is 879. The van der Waals surface area contributed by atoms with E-state index in [2.05, 4.69) is 10.6 Å². The molecule has 4 rings (SSSR count). The fraction of sp³-hybridized carbons (Fsp3) is 0.286. The van der Waals surface area contributed by atoms with Crippen molar-refractivity contribution >= 4 is 17.7 Å². The lowest BCUT2D eigenvalue weighted by atomic mass is 10.0. The first kappa shape index (κ1) is 17.3. The number of rotatable bonds is 3. The van der Waals surface area contributed by atoms with E-state index < -0.39 is 12.1 Å². The van der Waals surface area contributed by atoms with E-state index in [1.165, 1.54) is 0 Å². The van der Waals surface area contributed by atoms with Crippen LogP contribution in [0.15, 0.2) is 54.6 Å². The van der Waals surface area contributed by atoms with Crippen LogP contribution in [-0.4, -0.2) is 47.3 Å². The number of fused-ring (bicyclic) bond motifs is 1. The van der Waals surface area contributed by atoms with Gasteiger partial charge in [0.25, 0.3) is 5.91 Å². The maximum Gasteiger partial charge on any atom is 0.251 e. The van der Waals surface area contributed by atoms with Crippen molar-refractivity contribution in [2.24, 2.45) is 0 Å². The zero-order chi connectivity index (χ0) is 19.0. The van der Waals surface area contributed by atoms with Crippen LogP contribution in [0.5, 0.6) is 0 Å². The quantitative estimate of drug-likeness (QED) is 0.869. The monoisotopic (exact) mass is 363 g/mol. The van der Waals surface area contributed by atoms with E-state index >= 15 is 0 Å². The summed E-state index contributed by atoms with van der Waals surface area (Å²) in [5, 5.41) is 5.64. The minimum atomic E-state index is -0.506. The Labute approximate surface area is 157 Å². The predicted octanol–water partition coefficient (Wildman–Crippen LogP) is 1.57. The fourth-order valence-electron chi connectivity index (χ4n) is 3.77. The summed E-state index contributed by atoms with van der Waals surface area (Å²) in [5.74, 6) is -0.435. The average molecular weight is 363 g/mol. The lowest BCUT2D eigenvalue weighted by molar-refractivity contribution is -0.146. The number of hydrogen-bond donors (Lipinski definition) is 2. The maximum atomic E-state index is 12.6. The van der Waals surface area contributed by atoms with E-state index in [4.69, 9.17) is 0 Å². The van der Waals surface area contributed by atoms with Gasteiger partial charge in [-0.25, -0.2) is 0 Å². The smallest absolute Gasteiger partial charge is 0.251 e. The van der Waals surface area contributed by atoms with Gasteiger partial charge < -0.3 is 15.5 Å². The molecule has 3 atom stereocenters. The highest BCUT2D eigenvalue weighted by Gasteiger charge is 2.45. The number of carbonyl (C=O) groups is 3. The minimum absolute atomic E-state index is 0.0939. The number of piperazine rings is 1. The van der Waals surface area contributed by atoms with Crippen LogP contribution >= 0.6 is 0 Å². The minimum Gasteiger partial charge on any atom is -0.347 e. The molecule has 3 amide bonds. The molecule has 2 aromatic rings. The molecule has 0 unspecified atom stereocenters. The number of hydrogen-bond acceptors (Lipinski definition) is 3. The molecule has 2 aromatic carbocycles. The number of benzene rings is 2. The van der Waals surface area contributed by atoms with Gasteiger partial charge in [0.1, 0.15) is 12.1 Å². The Morgan fingerprint density at radius 3 is 2.41 bits per heavy atom. The largest absolute Gasteiger partial charge is 0.347 e. The molecule has 2 aliphatic heterocycles. The van der Waals surface area contributed by atoms with Gasteiger partial charge in [-0.3, -0.25) is 14.4 Å². The lowest BCUT2D eigenvalue weighted by Gasteiger charge is -2.32. The molecular formula is C21H21N3O3. The molecule has 138 valence electrons. The van der Waals surface area contributed by atoms with E-state index in [1.807, 2.05) is 42.5 Å². The lowest BCUT2D eigenvalue weighted by Crippen LogP contribution is -2.60. The topological polar surface area (TPSA) is 78.5 Å². The summed E-state index contributed by atoms with van der Waals surface area (Å²) in [6.45, 7) is 2.05. The summed E-state index contributed by atoms with van der Waals surface area (Å²) >= 11 is 0. The number of carbonyl (C=O) groups excluding carboxylic acids is 3. The molecule has 2 N–H and O–H groups in total. The molecule has 27 heavy (non-hydrogen) atoms. The third-order valence-electron chi connectivity index (χ3n) is 5.21. The third kappa shape index (κ3) is 3.30. The fourth-order valence-corrected chi connectivity index (χ4v) is 3.77. The van der Waals surface area contributed by atoms with Gasteiger partial charge in [0, 0.05) is 18.2 Å². The van der Waals surface area contributed by atoms with Crippen LogP contribution in [0.3, 0.4) is 0 Å². The van der Waals surface area contributed by atoms with Gasteiger partial charge in [0.15, 0.2) is 0 Å². The molecule has 0 spiro atoms. The van der Waals surface area contributed by atoms with Gasteiger partial charge in [-0.15, -0.1) is 0 Å². The summed E-state index contributed by atoms with van der Waals surface area (Å²) < 4.78 is 0. The van der Waals surface area contributed by atoms with Gasteiger partial charge in [-0.05, 0) is 36.6 Å². The molecule has 0 aliphatic carbocycles. The summed E-state index contributed by atoms with van der Waals surface area (Å²) in [4.78, 5) is 38.5. The van der Waals surface area contributed by atoms with E-state index in [0.29, 0.717) is 18.5 Å². The predicted molar refractivity (Wildman–Crippen MR) is 101 cm³/mol. The summed E-state index contributed by atoms with van der Waals surface area (Å²) in [7, 11) is 0. The van der Waals surface area contributed by atoms with E-state index in [0.717, 1.165) is 11.1 Å². The van der Waals surface area contributed by atoms with Crippen LogP contribution < -0.4 is 10.6 Å². The summed E-state index contributed by atoms with van der Waals surface area (Å²) in [6, 6.07) is 16.2. The molecule has 6 nitrogen and oxygen atoms in total. The second-order valence-electron chi connectivity index (χ2n) is 7.09. The molecule has 2 heterocycles. The first-order chi connectivity index (χ1) is 13.0. The standard InChI is InChI=1S/C21H21N3O3/c1-13-21(27)24-12-17(11-18(24)20(26)22-13)23-19(25)16-9-7-15(8-10-16)14-5-3-2-4-6-14/h2-10,13,17-18H,11-12H2,1H3,(H,22,26)(H,23,25)/t13-,17-,18-/m0/s1. The normalized spacial score (nSPS) is 24.3. The second kappa shape index (κ2) is 6.87. The van der Waals surface area contributed by atoms with Gasteiger partial charge in [0.05, 0.1) is 0 Å². The maximum absolute atomic E-state index is 12.6. The van der Waals surface area contributed by atoms with Gasteiger partial charge >= 0.3 is 0 Å². The van der Waals surface area contributed by atoms with Crippen molar-refractivity contribution in [3.8, 4) is 11.1 Å². The number of nitrogens with zero attached hydrogens (tertiary/aromatic N) is 1. The van der Waals surface area contributed by atoms with Crippen LogP contribution in [0, 0.1) is 0 Å². The highest BCUT2D eigenvalue weighted by Crippen LogP contribution is 2.23. The summed E-state index contributed by atoms with van der Waals surface area (Å²) in [5.41, 5.74) is 2.70. The van der Waals surface area contributed by atoms with Gasteiger partial charge in [-0.2, -0.15) is 0 Å². The molecule has 6 heteroatoms. The third-order valence-corrected chi connectivity index (χ3v) is 5.21. The Hall–Kier alpha value is -3.15. The molecule has 0 radical (unpaired) electrons. The van der Waals surface area contributed by atoms with Crippen molar-refractivity contribution in [2.75, 3.05) is 6.54 Å². The Morgan fingerprint density at radius 1 is 1.04 bits per heavy atom. The molecule has 0 bridgehead atoms. The van der Waals surface area contributed by atoms with Crippen molar-refractivity contribution in [1.82, 2.24) is 15.5 Å². The van der Waals surface area contributed by atoms with Crippen molar-refractivity contribution < 1.29 is 14.4 Å². The van der Waals surface area contributed by atoms with Crippen LogP contribution in [0.1, 0.15) is 23.7 Å². The first-order valence-electron chi connectivity index (χ1n) is 9.10. The highest BCUT2D eigenvalue weighted by molar-refractivity contribution is 5.98. The van der Waals surface area contributed by atoms with Crippen molar-refractivity contribution in [2.45, 2.75) is 31.5 Å². The highest BCUT2D eigenvalue weighted by atomic mass is 16.2. The number of nitrogens with one attached hydrogen (secondary N) is 2. The first-order valence-corrected chi connectivity index (χ1v) is 9.10. The molecule has 2 saturated heterocycles. The van der Waals surface area contributed by atoms with Crippen molar-refractivity contribution in [3.05, 3.63) is 60.2 Å². The van der Waals surface area contributed by atoms with Crippen LogP contribution in [0.25, 0.3) is 11.1 Å². The average Bonchev–Trinajstić information content (AvgIpc) is 3.11. The Balaban J connectivity index is 1.43. The van der Waals surface area contributed by atoms with E-state index in [1.54, 1.807) is 24.0 Å².